The van der Waals surface area contributed by atoms with E-state index in [4.69, 9.17) is 26.8 Å². The van der Waals surface area contributed by atoms with Gasteiger partial charge in [0.25, 0.3) is 0 Å². The zero-order valence-electron chi connectivity index (χ0n) is 9.86. The molecule has 1 rings (SSSR count). The Balaban J connectivity index is 2.56. The second-order valence-electron chi connectivity index (χ2n) is 3.56. The normalized spacial score (nSPS) is 12.5. The van der Waals surface area contributed by atoms with Crippen LogP contribution in [0, 0.1) is 0 Å². The molecule has 1 atom stereocenters. The third-order valence-corrected chi connectivity index (χ3v) is 2.50. The minimum absolute atomic E-state index is 0.136. The molecule has 0 aromatic heterocycles. The summed E-state index contributed by atoms with van der Waals surface area (Å²) in [6.07, 6.45) is -0.670. The van der Waals surface area contributed by atoms with E-state index in [1.807, 2.05) is 19.1 Å². The van der Waals surface area contributed by atoms with E-state index >= 15 is 0 Å². The molecular weight excluding hydrogens is 242 g/mol. The van der Waals surface area contributed by atoms with Crippen LogP contribution in [0.3, 0.4) is 0 Å². The predicted molar refractivity (Wildman–Crippen MR) is 67.3 cm³/mol. The van der Waals surface area contributed by atoms with Crippen LogP contribution in [0.15, 0.2) is 18.2 Å². The molecule has 1 aromatic rings. The Labute approximate surface area is 106 Å². The van der Waals surface area contributed by atoms with Crippen molar-refractivity contribution in [1.82, 2.24) is 0 Å². The molecule has 4 nitrogen and oxygen atoms in total. The predicted octanol–water partition coefficient (Wildman–Crippen LogP) is 1.57. The summed E-state index contributed by atoms with van der Waals surface area (Å²) >= 11 is 6.00. The van der Waals surface area contributed by atoms with Gasteiger partial charge in [-0.1, -0.05) is 23.7 Å². The second-order valence-corrected chi connectivity index (χ2v) is 3.96. The Morgan fingerprint density at radius 2 is 2.18 bits per heavy atom. The van der Waals surface area contributed by atoms with Crippen LogP contribution in [-0.2, 0) is 11.3 Å². The molecular formula is C12H18ClNO3. The molecule has 0 aliphatic rings. The number of nitrogens with two attached hydrogens (primary N) is 1. The van der Waals surface area contributed by atoms with E-state index in [0.717, 1.165) is 5.56 Å². The number of hydrogen-bond donors (Lipinski definition) is 2. The van der Waals surface area contributed by atoms with Gasteiger partial charge in [0.05, 0.1) is 11.6 Å². The monoisotopic (exact) mass is 259 g/mol. The molecule has 17 heavy (non-hydrogen) atoms. The first-order valence-corrected chi connectivity index (χ1v) is 5.92. The fourth-order valence-electron chi connectivity index (χ4n) is 1.36. The van der Waals surface area contributed by atoms with Gasteiger partial charge in [-0.05, 0) is 13.0 Å². The van der Waals surface area contributed by atoms with Crippen molar-refractivity contribution in [1.29, 1.82) is 0 Å². The SMILES string of the molecule is CCOCC(O)COc1c(Cl)cccc1CN. The summed E-state index contributed by atoms with van der Waals surface area (Å²) in [6, 6.07) is 5.38. The molecule has 5 heteroatoms. The maximum atomic E-state index is 9.57. The van der Waals surface area contributed by atoms with E-state index in [9.17, 15) is 5.11 Å². The van der Waals surface area contributed by atoms with Crippen LogP contribution in [0.2, 0.25) is 5.02 Å². The van der Waals surface area contributed by atoms with Crippen molar-refractivity contribution in [3.8, 4) is 5.75 Å². The highest BCUT2D eigenvalue weighted by Crippen LogP contribution is 2.28. The smallest absolute Gasteiger partial charge is 0.142 e. The first kappa shape index (κ1) is 14.3. The van der Waals surface area contributed by atoms with E-state index in [0.29, 0.717) is 23.9 Å². The molecule has 0 saturated carbocycles. The van der Waals surface area contributed by atoms with E-state index in [1.165, 1.54) is 0 Å². The summed E-state index contributed by atoms with van der Waals surface area (Å²) in [5.41, 5.74) is 6.40. The Kier molecular flexibility index (Phi) is 6.29. The minimum Gasteiger partial charge on any atom is -0.489 e. The summed E-state index contributed by atoms with van der Waals surface area (Å²) < 4.78 is 10.6. The minimum atomic E-state index is -0.670. The molecule has 3 N–H and O–H groups in total. The Hall–Kier alpha value is -0.810. The topological polar surface area (TPSA) is 64.7 Å². The van der Waals surface area contributed by atoms with Gasteiger partial charge >= 0.3 is 0 Å². The number of aliphatic hydroxyl groups is 1. The van der Waals surface area contributed by atoms with Crippen molar-refractivity contribution in [2.24, 2.45) is 5.73 Å². The largest absolute Gasteiger partial charge is 0.489 e. The Morgan fingerprint density at radius 1 is 1.41 bits per heavy atom. The van der Waals surface area contributed by atoms with Crippen LogP contribution in [0.25, 0.3) is 0 Å². The van der Waals surface area contributed by atoms with Gasteiger partial charge < -0.3 is 20.3 Å². The van der Waals surface area contributed by atoms with Crippen LogP contribution < -0.4 is 10.5 Å². The first-order chi connectivity index (χ1) is 8.19. The van der Waals surface area contributed by atoms with Gasteiger partial charge in [-0.2, -0.15) is 0 Å². The van der Waals surface area contributed by atoms with Gasteiger partial charge in [-0.25, -0.2) is 0 Å². The van der Waals surface area contributed by atoms with Gasteiger partial charge in [-0.15, -0.1) is 0 Å². The van der Waals surface area contributed by atoms with Crippen molar-refractivity contribution in [2.75, 3.05) is 19.8 Å². The number of ether oxygens (including phenoxy) is 2. The van der Waals surface area contributed by atoms with Crippen molar-refractivity contribution < 1.29 is 14.6 Å². The fourth-order valence-corrected chi connectivity index (χ4v) is 1.61. The highest BCUT2D eigenvalue weighted by Gasteiger charge is 2.10. The quantitative estimate of drug-likeness (QED) is 0.780. The number of halogens is 1. The number of rotatable bonds is 7. The van der Waals surface area contributed by atoms with Crippen molar-refractivity contribution in [2.45, 2.75) is 19.6 Å². The standard InChI is InChI=1S/C12H18ClNO3/c1-2-16-7-10(15)8-17-12-9(6-14)4-3-5-11(12)13/h3-5,10,15H,2,6-8,14H2,1H3. The lowest BCUT2D eigenvalue weighted by Crippen LogP contribution is -2.24. The van der Waals surface area contributed by atoms with Crippen LogP contribution in [0.1, 0.15) is 12.5 Å². The van der Waals surface area contributed by atoms with Crippen LogP contribution in [-0.4, -0.2) is 31.0 Å². The Morgan fingerprint density at radius 3 is 2.82 bits per heavy atom. The van der Waals surface area contributed by atoms with E-state index in [-0.39, 0.29) is 13.2 Å². The average Bonchev–Trinajstić information content (AvgIpc) is 2.34. The van der Waals surface area contributed by atoms with Gasteiger partial charge in [0, 0.05) is 18.7 Å². The molecule has 0 spiro atoms. The number of hydrogen-bond acceptors (Lipinski definition) is 4. The molecule has 0 aliphatic heterocycles. The van der Waals surface area contributed by atoms with Crippen molar-refractivity contribution >= 4 is 11.6 Å². The van der Waals surface area contributed by atoms with Crippen LogP contribution >= 0.6 is 11.6 Å². The van der Waals surface area contributed by atoms with E-state index in [1.54, 1.807) is 6.07 Å². The highest BCUT2D eigenvalue weighted by atomic mass is 35.5. The molecule has 0 aliphatic carbocycles. The zero-order chi connectivity index (χ0) is 12.7. The lowest BCUT2D eigenvalue weighted by molar-refractivity contribution is 0.0163. The van der Waals surface area contributed by atoms with Crippen molar-refractivity contribution in [3.05, 3.63) is 28.8 Å². The van der Waals surface area contributed by atoms with Crippen LogP contribution in [0.5, 0.6) is 5.75 Å². The molecule has 1 unspecified atom stereocenters. The maximum Gasteiger partial charge on any atom is 0.142 e. The van der Waals surface area contributed by atoms with Gasteiger partial charge in [0.1, 0.15) is 18.5 Å². The highest BCUT2D eigenvalue weighted by molar-refractivity contribution is 6.32. The molecule has 0 saturated heterocycles. The summed E-state index contributed by atoms with van der Waals surface area (Å²) in [4.78, 5) is 0. The lowest BCUT2D eigenvalue weighted by atomic mass is 10.2. The molecule has 0 fully saturated rings. The maximum absolute atomic E-state index is 9.57. The molecule has 0 amide bonds. The van der Waals surface area contributed by atoms with E-state index < -0.39 is 6.10 Å². The second kappa shape index (κ2) is 7.50. The molecule has 0 radical (unpaired) electrons. The number of benzene rings is 1. The van der Waals surface area contributed by atoms with Gasteiger partial charge in [0.15, 0.2) is 0 Å². The molecule has 0 bridgehead atoms. The van der Waals surface area contributed by atoms with Crippen LogP contribution in [0.4, 0.5) is 0 Å². The zero-order valence-corrected chi connectivity index (χ0v) is 10.6. The molecule has 0 heterocycles. The van der Waals surface area contributed by atoms with Crippen molar-refractivity contribution in [3.63, 3.8) is 0 Å². The van der Waals surface area contributed by atoms with Gasteiger partial charge in [-0.3, -0.25) is 0 Å². The lowest BCUT2D eigenvalue weighted by Gasteiger charge is -2.15. The average molecular weight is 260 g/mol. The summed E-state index contributed by atoms with van der Waals surface area (Å²) in [5, 5.41) is 10.1. The first-order valence-electron chi connectivity index (χ1n) is 5.55. The summed E-state index contributed by atoms with van der Waals surface area (Å²) in [6.45, 7) is 3.17. The number of para-hydroxylation sites is 1. The third kappa shape index (κ3) is 4.52. The number of aliphatic hydroxyl groups excluding tert-OH is 1. The summed E-state index contributed by atoms with van der Waals surface area (Å²) in [5.74, 6) is 0.534. The van der Waals surface area contributed by atoms with Gasteiger partial charge in [0.2, 0.25) is 0 Å². The Bertz CT molecular complexity index is 347. The van der Waals surface area contributed by atoms with E-state index in [2.05, 4.69) is 0 Å². The fraction of sp³-hybridized carbons (Fsp3) is 0.500. The molecule has 96 valence electrons. The molecule has 1 aromatic carbocycles. The third-order valence-electron chi connectivity index (χ3n) is 2.20. The summed E-state index contributed by atoms with van der Waals surface area (Å²) in [7, 11) is 0.